The summed E-state index contributed by atoms with van der Waals surface area (Å²) in [6.07, 6.45) is 4.51. The number of benzene rings is 1. The third-order valence-corrected chi connectivity index (χ3v) is 4.43. The predicted molar refractivity (Wildman–Crippen MR) is 80.5 cm³/mol. The van der Waals surface area contributed by atoms with Crippen molar-refractivity contribution >= 4 is 5.97 Å². The summed E-state index contributed by atoms with van der Waals surface area (Å²) in [5.41, 5.74) is 0.489. The van der Waals surface area contributed by atoms with Crippen molar-refractivity contribution < 1.29 is 18.7 Å². The molecule has 0 spiro atoms. The Kier molecular flexibility index (Phi) is 5.89. The van der Waals surface area contributed by atoms with Crippen LogP contribution < -0.4 is 5.32 Å². The summed E-state index contributed by atoms with van der Waals surface area (Å²) in [5, 5.41) is 12.5. The molecule has 0 aliphatic heterocycles. The van der Waals surface area contributed by atoms with Crippen LogP contribution in [0.1, 0.15) is 57.1 Å². The molecule has 2 N–H and O–H groups in total. The van der Waals surface area contributed by atoms with Gasteiger partial charge in [-0.2, -0.15) is 0 Å². The molecule has 1 aliphatic rings. The maximum Gasteiger partial charge on any atom is 0.306 e. The van der Waals surface area contributed by atoms with Gasteiger partial charge in [0.2, 0.25) is 0 Å². The average Bonchev–Trinajstić information content (AvgIpc) is 2.47. The minimum atomic E-state index is -0.729. The fraction of sp³-hybridized carbons (Fsp3) is 0.588. The fourth-order valence-corrected chi connectivity index (χ4v) is 3.19. The Labute approximate surface area is 129 Å². The molecule has 0 aromatic heterocycles. The van der Waals surface area contributed by atoms with Crippen LogP contribution in [-0.2, 0) is 4.79 Å². The maximum atomic E-state index is 14.0. The van der Waals surface area contributed by atoms with Crippen LogP contribution in [0.15, 0.2) is 18.2 Å². The van der Waals surface area contributed by atoms with Crippen LogP contribution in [0, 0.1) is 17.6 Å². The zero-order valence-corrected chi connectivity index (χ0v) is 12.8. The first kappa shape index (κ1) is 16.9. The average molecular weight is 311 g/mol. The van der Waals surface area contributed by atoms with Crippen molar-refractivity contribution in [2.24, 2.45) is 5.92 Å². The van der Waals surface area contributed by atoms with E-state index in [2.05, 4.69) is 5.32 Å². The predicted octanol–water partition coefficient (Wildman–Crippen LogP) is 4.04. The van der Waals surface area contributed by atoms with Gasteiger partial charge in [-0.05, 0) is 38.2 Å². The fourth-order valence-electron chi connectivity index (χ4n) is 3.19. The van der Waals surface area contributed by atoms with E-state index in [0.29, 0.717) is 18.4 Å². The Morgan fingerprint density at radius 1 is 1.32 bits per heavy atom. The zero-order valence-electron chi connectivity index (χ0n) is 12.8. The number of rotatable bonds is 6. The van der Waals surface area contributed by atoms with E-state index >= 15 is 0 Å². The molecule has 1 aliphatic carbocycles. The van der Waals surface area contributed by atoms with Gasteiger partial charge in [0, 0.05) is 23.7 Å². The minimum absolute atomic E-state index is 0.156. The molecule has 1 saturated carbocycles. The van der Waals surface area contributed by atoms with Crippen LogP contribution in [0.2, 0.25) is 0 Å². The molecule has 1 aromatic carbocycles. The van der Waals surface area contributed by atoms with Crippen LogP contribution in [0.25, 0.3) is 0 Å². The van der Waals surface area contributed by atoms with E-state index in [1.54, 1.807) is 0 Å². The first-order valence-electron chi connectivity index (χ1n) is 7.95. The highest BCUT2D eigenvalue weighted by molar-refractivity contribution is 5.70. The smallest absolute Gasteiger partial charge is 0.306 e. The lowest BCUT2D eigenvalue weighted by molar-refractivity contribution is -0.142. The number of hydrogen-bond donors (Lipinski definition) is 2. The van der Waals surface area contributed by atoms with Crippen LogP contribution >= 0.6 is 0 Å². The van der Waals surface area contributed by atoms with E-state index in [0.717, 1.165) is 31.7 Å². The number of nitrogens with one attached hydrogen (secondary N) is 1. The van der Waals surface area contributed by atoms with Gasteiger partial charge < -0.3 is 10.4 Å². The van der Waals surface area contributed by atoms with Crippen molar-refractivity contribution in [2.75, 3.05) is 0 Å². The molecule has 2 rings (SSSR count). The topological polar surface area (TPSA) is 49.3 Å². The Balaban J connectivity index is 2.02. The second-order valence-electron chi connectivity index (χ2n) is 6.06. The lowest BCUT2D eigenvalue weighted by atomic mass is 9.85. The Morgan fingerprint density at radius 3 is 2.55 bits per heavy atom. The first-order valence-corrected chi connectivity index (χ1v) is 7.95. The van der Waals surface area contributed by atoms with Gasteiger partial charge >= 0.3 is 5.97 Å². The third-order valence-electron chi connectivity index (χ3n) is 4.43. The van der Waals surface area contributed by atoms with Gasteiger partial charge in [-0.25, -0.2) is 8.78 Å². The number of carbonyl (C=O) groups is 1. The van der Waals surface area contributed by atoms with Crippen molar-refractivity contribution in [3.8, 4) is 0 Å². The molecule has 0 amide bonds. The molecule has 22 heavy (non-hydrogen) atoms. The van der Waals surface area contributed by atoms with Crippen LogP contribution in [0.4, 0.5) is 8.78 Å². The van der Waals surface area contributed by atoms with Gasteiger partial charge in [-0.3, -0.25) is 4.79 Å². The summed E-state index contributed by atoms with van der Waals surface area (Å²) in [7, 11) is 0. The molecule has 5 heteroatoms. The highest BCUT2D eigenvalue weighted by atomic mass is 19.1. The summed E-state index contributed by atoms with van der Waals surface area (Å²) in [4.78, 5) is 11.0. The summed E-state index contributed by atoms with van der Waals surface area (Å²) >= 11 is 0. The Hall–Kier alpha value is -1.49. The van der Waals surface area contributed by atoms with Crippen LogP contribution in [0.3, 0.4) is 0 Å². The number of halogens is 2. The van der Waals surface area contributed by atoms with Crippen molar-refractivity contribution in [3.63, 3.8) is 0 Å². The molecule has 1 unspecified atom stereocenters. The Morgan fingerprint density at radius 2 is 2.00 bits per heavy atom. The van der Waals surface area contributed by atoms with E-state index in [1.807, 2.05) is 6.92 Å². The number of carboxylic acids is 1. The second-order valence-corrected chi connectivity index (χ2v) is 6.06. The second kappa shape index (κ2) is 7.68. The van der Waals surface area contributed by atoms with Crippen molar-refractivity contribution in [1.29, 1.82) is 0 Å². The van der Waals surface area contributed by atoms with Gasteiger partial charge in [-0.15, -0.1) is 0 Å². The lowest BCUT2D eigenvalue weighted by Gasteiger charge is -2.31. The van der Waals surface area contributed by atoms with E-state index in [-0.39, 0.29) is 18.0 Å². The third kappa shape index (κ3) is 4.26. The van der Waals surface area contributed by atoms with Crippen molar-refractivity contribution in [3.05, 3.63) is 35.4 Å². The normalized spacial score (nSPS) is 23.2. The quantitative estimate of drug-likeness (QED) is 0.833. The van der Waals surface area contributed by atoms with Gasteiger partial charge in [0.05, 0.1) is 5.92 Å². The number of carboxylic acid groups (broad SMARTS) is 1. The van der Waals surface area contributed by atoms with Gasteiger partial charge in [0.15, 0.2) is 0 Å². The molecular formula is C17H23F2NO2. The molecule has 0 bridgehead atoms. The van der Waals surface area contributed by atoms with Gasteiger partial charge in [-0.1, -0.05) is 19.4 Å². The van der Waals surface area contributed by atoms with E-state index in [9.17, 15) is 13.6 Å². The van der Waals surface area contributed by atoms with Crippen LogP contribution in [-0.4, -0.2) is 17.1 Å². The summed E-state index contributed by atoms with van der Waals surface area (Å²) < 4.78 is 27.0. The minimum Gasteiger partial charge on any atom is -0.481 e. The highest BCUT2D eigenvalue weighted by Crippen LogP contribution is 2.29. The zero-order chi connectivity index (χ0) is 16.1. The van der Waals surface area contributed by atoms with Crippen molar-refractivity contribution in [1.82, 2.24) is 5.32 Å². The molecule has 1 atom stereocenters. The molecule has 3 nitrogen and oxygen atoms in total. The number of aliphatic carboxylic acids is 1. The molecule has 1 fully saturated rings. The summed E-state index contributed by atoms with van der Waals surface area (Å²) in [6.45, 7) is 2.03. The van der Waals surface area contributed by atoms with Gasteiger partial charge in [0.25, 0.3) is 0 Å². The maximum absolute atomic E-state index is 14.0. The molecule has 0 heterocycles. The van der Waals surface area contributed by atoms with Gasteiger partial charge in [0.1, 0.15) is 11.6 Å². The van der Waals surface area contributed by atoms with E-state index in [1.165, 1.54) is 12.1 Å². The van der Waals surface area contributed by atoms with E-state index in [4.69, 9.17) is 5.11 Å². The van der Waals surface area contributed by atoms with Crippen LogP contribution in [0.5, 0.6) is 0 Å². The summed E-state index contributed by atoms with van der Waals surface area (Å²) in [5.74, 6) is -2.08. The first-order chi connectivity index (χ1) is 10.5. The number of hydrogen-bond acceptors (Lipinski definition) is 2. The summed E-state index contributed by atoms with van der Waals surface area (Å²) in [6, 6.07) is 3.74. The van der Waals surface area contributed by atoms with Crippen molar-refractivity contribution in [2.45, 2.75) is 57.5 Å². The lowest BCUT2D eigenvalue weighted by Crippen LogP contribution is -2.37. The standard InChI is InChI=1S/C17H23F2NO2/c1-2-3-16(14-9-6-12(18)10-15(14)19)20-13-7-4-11(5-8-13)17(21)22/h6,9-11,13,16,20H,2-5,7-8H2,1H3,(H,21,22). The largest absolute Gasteiger partial charge is 0.481 e. The van der Waals surface area contributed by atoms with E-state index < -0.39 is 17.6 Å². The molecule has 0 radical (unpaired) electrons. The SMILES string of the molecule is CCCC(NC1CCC(C(=O)O)CC1)c1ccc(F)cc1F. The monoisotopic (exact) mass is 311 g/mol. The molecule has 1 aromatic rings. The Bertz CT molecular complexity index is 513. The molecular weight excluding hydrogens is 288 g/mol. The highest BCUT2D eigenvalue weighted by Gasteiger charge is 2.27. The molecule has 0 saturated heterocycles. The molecule has 122 valence electrons.